The molecule has 0 spiro atoms. The SMILES string of the molecule is CC1(C)CCC(CN2CCN(c3ccc(C(=O)NSc4ccc(NC5CCC(O)CC5)c([N+](=O)[O-])c4)c(Oc4cnc5[nH]ccc5c4)c3)CC2)=C(c2ccc(Cl)cc2)C1. The molecule has 2 aromatic heterocycles. The van der Waals surface area contributed by atoms with E-state index in [-0.39, 0.29) is 23.2 Å². The Hall–Kier alpha value is -5.08. The molecule has 1 amide bonds. The van der Waals surface area contributed by atoms with Crippen molar-refractivity contribution in [2.45, 2.75) is 75.8 Å². The number of benzene rings is 3. The van der Waals surface area contributed by atoms with Crippen molar-refractivity contribution in [3.8, 4) is 11.5 Å². The van der Waals surface area contributed by atoms with Crippen LogP contribution in [0.5, 0.6) is 11.5 Å². The van der Waals surface area contributed by atoms with E-state index in [0.29, 0.717) is 40.5 Å². The average Bonchev–Trinajstić information content (AvgIpc) is 3.70. The smallest absolute Gasteiger partial charge is 0.293 e. The lowest BCUT2D eigenvalue weighted by molar-refractivity contribution is -0.384. The summed E-state index contributed by atoms with van der Waals surface area (Å²) in [5.74, 6) is 0.473. The summed E-state index contributed by atoms with van der Waals surface area (Å²) >= 11 is 7.26. The van der Waals surface area contributed by atoms with E-state index in [1.807, 2.05) is 42.6 Å². The van der Waals surface area contributed by atoms with Crippen molar-refractivity contribution in [3.63, 3.8) is 0 Å². The highest BCUT2D eigenvalue weighted by atomic mass is 35.5. The minimum Gasteiger partial charge on any atom is -0.455 e. The minimum absolute atomic E-state index is 0.0507. The van der Waals surface area contributed by atoms with Gasteiger partial charge in [-0.25, -0.2) is 4.98 Å². The number of nitro groups is 1. The Morgan fingerprint density at radius 2 is 1.81 bits per heavy atom. The van der Waals surface area contributed by atoms with E-state index < -0.39 is 10.8 Å². The number of H-pyrrole nitrogens is 1. The zero-order chi connectivity index (χ0) is 41.1. The van der Waals surface area contributed by atoms with E-state index in [1.54, 1.807) is 24.4 Å². The van der Waals surface area contributed by atoms with E-state index >= 15 is 0 Å². The van der Waals surface area contributed by atoms with Crippen LogP contribution in [0.4, 0.5) is 17.1 Å². The van der Waals surface area contributed by atoms with Crippen LogP contribution in [-0.2, 0) is 0 Å². The Labute approximate surface area is 353 Å². The van der Waals surface area contributed by atoms with Crippen molar-refractivity contribution in [1.82, 2.24) is 19.6 Å². The third kappa shape index (κ3) is 9.87. The summed E-state index contributed by atoms with van der Waals surface area (Å²) < 4.78 is 9.31. The number of aromatic nitrogens is 2. The van der Waals surface area contributed by atoms with Crippen molar-refractivity contribution in [2.24, 2.45) is 5.41 Å². The van der Waals surface area contributed by atoms with Gasteiger partial charge in [0, 0.05) is 78.1 Å². The number of aliphatic hydroxyl groups is 1. The molecule has 2 fully saturated rings. The van der Waals surface area contributed by atoms with Crippen LogP contribution in [0.3, 0.4) is 0 Å². The summed E-state index contributed by atoms with van der Waals surface area (Å²) in [5.41, 5.74) is 6.84. The molecule has 0 radical (unpaired) electrons. The van der Waals surface area contributed by atoms with Crippen LogP contribution in [0.1, 0.15) is 74.7 Å². The predicted molar refractivity (Wildman–Crippen MR) is 236 cm³/mol. The molecule has 8 rings (SSSR count). The lowest BCUT2D eigenvalue weighted by atomic mass is 9.72. The molecule has 0 bridgehead atoms. The molecule has 5 aromatic rings. The van der Waals surface area contributed by atoms with E-state index in [2.05, 4.69) is 55.8 Å². The number of aromatic amines is 1. The first-order valence-corrected chi connectivity index (χ1v) is 21.6. The summed E-state index contributed by atoms with van der Waals surface area (Å²) in [5, 5.41) is 26.9. The highest BCUT2D eigenvalue weighted by molar-refractivity contribution is 7.98. The van der Waals surface area contributed by atoms with Gasteiger partial charge in [0.15, 0.2) is 0 Å². The second-order valence-electron chi connectivity index (χ2n) is 16.7. The molecule has 14 heteroatoms. The van der Waals surface area contributed by atoms with Crippen LogP contribution in [0, 0.1) is 15.5 Å². The number of nitrogens with zero attached hydrogens (tertiary/aromatic N) is 4. The Morgan fingerprint density at radius 1 is 1.03 bits per heavy atom. The summed E-state index contributed by atoms with van der Waals surface area (Å²) in [6.07, 6.45) is 9.24. The van der Waals surface area contributed by atoms with E-state index in [9.17, 15) is 20.0 Å². The molecule has 0 unspecified atom stereocenters. The van der Waals surface area contributed by atoms with E-state index in [1.165, 1.54) is 29.2 Å². The molecule has 3 aliphatic rings. The van der Waals surface area contributed by atoms with Crippen LogP contribution >= 0.6 is 23.5 Å². The van der Waals surface area contributed by atoms with Gasteiger partial charge in [0.2, 0.25) is 0 Å². The fourth-order valence-corrected chi connectivity index (χ4v) is 9.18. The van der Waals surface area contributed by atoms with Gasteiger partial charge in [-0.1, -0.05) is 43.2 Å². The molecule has 4 N–H and O–H groups in total. The third-order valence-electron chi connectivity index (χ3n) is 11.8. The van der Waals surface area contributed by atoms with E-state index in [0.717, 1.165) is 92.1 Å². The number of nitrogens with one attached hydrogen (secondary N) is 3. The summed E-state index contributed by atoms with van der Waals surface area (Å²) in [7, 11) is 0. The average molecular weight is 836 g/mol. The molecular weight excluding hydrogens is 786 g/mol. The third-order valence-corrected chi connectivity index (χ3v) is 12.9. The van der Waals surface area contributed by atoms with Gasteiger partial charge in [-0.2, -0.15) is 0 Å². The van der Waals surface area contributed by atoms with Crippen molar-refractivity contribution < 1.29 is 19.6 Å². The zero-order valence-corrected chi connectivity index (χ0v) is 35.0. The number of fused-ring (bicyclic) bond motifs is 1. The standard InChI is InChI=1S/C45H50ClN7O5S/c1-45(2)17-15-31(39(26-45)29-3-5-32(46)6-4-29)28-51-19-21-52(22-20-51)34-9-13-38(42(24-34)58-36-23-30-16-18-47-43(30)48-27-36)44(55)50-59-37-12-14-40(41(25-37)53(56)57)49-33-7-10-35(54)11-8-33/h3-6,9,12-14,16,18,23-25,27,33,35,49,54H,7-8,10-11,15,17,19-22,26,28H2,1-2H3,(H,47,48)(H,50,55). The van der Waals surface area contributed by atoms with Crippen LogP contribution in [-0.4, -0.2) is 75.7 Å². The number of carbonyl (C=O) groups is 1. The molecule has 3 heterocycles. The fraction of sp³-hybridized carbons (Fsp3) is 0.378. The number of allylic oxidation sites excluding steroid dienone is 1. The molecule has 59 heavy (non-hydrogen) atoms. The quantitative estimate of drug-likeness (QED) is 0.0544. The molecule has 308 valence electrons. The number of nitro benzene ring substituents is 1. The highest BCUT2D eigenvalue weighted by Gasteiger charge is 2.30. The van der Waals surface area contributed by atoms with E-state index in [4.69, 9.17) is 16.3 Å². The van der Waals surface area contributed by atoms with Gasteiger partial charge in [-0.05, 0) is 122 Å². The van der Waals surface area contributed by atoms with Gasteiger partial charge in [-0.15, -0.1) is 0 Å². The van der Waals surface area contributed by atoms with Gasteiger partial charge >= 0.3 is 0 Å². The number of halogens is 1. The number of hydrogen-bond acceptors (Lipinski definition) is 10. The number of aliphatic hydroxyl groups excluding tert-OH is 1. The second kappa shape index (κ2) is 17.6. The first kappa shape index (κ1) is 40.7. The number of anilines is 2. The Balaban J connectivity index is 0.973. The van der Waals surface area contributed by atoms with Gasteiger partial charge < -0.3 is 25.0 Å². The Bertz CT molecular complexity index is 2350. The van der Waals surface area contributed by atoms with Gasteiger partial charge in [-0.3, -0.25) is 24.5 Å². The van der Waals surface area contributed by atoms with Crippen LogP contribution in [0.15, 0.2) is 95.7 Å². The normalized spacial score (nSPS) is 19.8. The second-order valence-corrected chi connectivity index (χ2v) is 18.0. The largest absolute Gasteiger partial charge is 0.455 e. The number of hydrogen-bond donors (Lipinski definition) is 4. The lowest BCUT2D eigenvalue weighted by Crippen LogP contribution is -2.47. The lowest BCUT2D eigenvalue weighted by Gasteiger charge is -2.39. The number of carbonyl (C=O) groups excluding carboxylic acids is 1. The van der Waals surface area contributed by atoms with Crippen LogP contribution in [0.2, 0.25) is 5.02 Å². The van der Waals surface area contributed by atoms with Crippen molar-refractivity contribution in [2.75, 3.05) is 42.9 Å². The maximum absolute atomic E-state index is 13.9. The first-order chi connectivity index (χ1) is 28.5. The summed E-state index contributed by atoms with van der Waals surface area (Å²) in [6, 6.07) is 22.7. The highest BCUT2D eigenvalue weighted by Crippen LogP contribution is 2.43. The summed E-state index contributed by atoms with van der Waals surface area (Å²) in [4.78, 5) is 38.5. The molecule has 3 aromatic carbocycles. The topological polar surface area (TPSA) is 149 Å². The molecule has 1 saturated carbocycles. The first-order valence-electron chi connectivity index (χ1n) is 20.4. The molecule has 1 saturated heterocycles. The monoisotopic (exact) mass is 835 g/mol. The Morgan fingerprint density at radius 3 is 2.58 bits per heavy atom. The maximum atomic E-state index is 13.9. The number of amides is 1. The van der Waals surface area contributed by atoms with Crippen LogP contribution in [0.25, 0.3) is 16.6 Å². The maximum Gasteiger partial charge on any atom is 0.293 e. The van der Waals surface area contributed by atoms with Crippen molar-refractivity contribution >= 4 is 63.1 Å². The van der Waals surface area contributed by atoms with Gasteiger partial charge in [0.25, 0.3) is 11.6 Å². The fourth-order valence-electron chi connectivity index (χ4n) is 8.43. The summed E-state index contributed by atoms with van der Waals surface area (Å²) in [6.45, 7) is 9.09. The molecule has 12 nitrogen and oxygen atoms in total. The number of pyridine rings is 1. The number of piperazine rings is 1. The van der Waals surface area contributed by atoms with Crippen LogP contribution < -0.4 is 19.7 Å². The minimum atomic E-state index is -0.418. The Kier molecular flexibility index (Phi) is 12.2. The van der Waals surface area contributed by atoms with Gasteiger partial charge in [0.1, 0.15) is 22.8 Å². The van der Waals surface area contributed by atoms with Crippen molar-refractivity contribution in [1.29, 1.82) is 0 Å². The zero-order valence-electron chi connectivity index (χ0n) is 33.4. The van der Waals surface area contributed by atoms with Gasteiger partial charge in [0.05, 0.1) is 22.8 Å². The predicted octanol–water partition coefficient (Wildman–Crippen LogP) is 9.86. The molecule has 1 aliphatic heterocycles. The number of ether oxygens (including phenoxy) is 1. The molecule has 0 atom stereocenters. The molecular formula is C45H50ClN7O5S. The number of rotatable bonds is 12. The molecule has 2 aliphatic carbocycles. The van der Waals surface area contributed by atoms with Crippen molar-refractivity contribution in [3.05, 3.63) is 117 Å².